The van der Waals surface area contributed by atoms with E-state index < -0.39 is 28.2 Å². The lowest BCUT2D eigenvalue weighted by Crippen LogP contribution is -2.31. The van der Waals surface area contributed by atoms with Crippen LogP contribution >= 0.6 is 0 Å². The van der Waals surface area contributed by atoms with Crippen molar-refractivity contribution in [3.05, 3.63) is 27.8 Å². The normalized spacial score (nSPS) is 12.5. The van der Waals surface area contributed by atoms with Gasteiger partial charge in [0, 0.05) is 13.6 Å². The van der Waals surface area contributed by atoms with Gasteiger partial charge in [-0.25, -0.2) is 9.00 Å². The van der Waals surface area contributed by atoms with Crippen LogP contribution in [0, 0.1) is 16.0 Å². The Bertz CT molecular complexity index is 741. The van der Waals surface area contributed by atoms with Gasteiger partial charge < -0.3 is 19.1 Å². The molecular weight excluding hydrogens is 416 g/mol. The Balaban J connectivity index is 0.00000841. The van der Waals surface area contributed by atoms with E-state index in [4.69, 9.17) is 14.2 Å². The first-order chi connectivity index (χ1) is 13.7. The molecule has 30 heavy (non-hydrogen) atoms. The Labute approximate surface area is 180 Å². The first-order valence-electron chi connectivity index (χ1n) is 8.91. The number of carbonyl (C=O) groups is 1. The van der Waals surface area contributed by atoms with Crippen LogP contribution in [-0.4, -0.2) is 60.8 Å². The molecule has 0 aliphatic rings. The highest BCUT2D eigenvalue weighted by atomic mass is 32.2. The number of hydrogen-bond acceptors (Lipinski definition) is 8. The number of carbonyl (C=O) groups excluding carboxylic acids is 1. The summed E-state index contributed by atoms with van der Waals surface area (Å²) in [6.07, 6.45) is -1.07. The molecule has 0 saturated carbocycles. The number of amides is 1. The number of rotatable bonds is 11. The summed E-state index contributed by atoms with van der Waals surface area (Å²) in [4.78, 5) is 24.9. The zero-order valence-electron chi connectivity index (χ0n) is 17.5. The lowest BCUT2D eigenvalue weighted by Gasteiger charge is -2.25. The number of nitrogens with zero attached hydrogens (tertiary/aromatic N) is 2. The van der Waals surface area contributed by atoms with Gasteiger partial charge >= 0.3 is 6.09 Å². The van der Waals surface area contributed by atoms with E-state index in [-0.39, 0.29) is 36.1 Å². The van der Waals surface area contributed by atoms with Crippen molar-refractivity contribution >= 4 is 22.9 Å². The van der Waals surface area contributed by atoms with Crippen LogP contribution in [0.4, 0.5) is 10.5 Å². The quantitative estimate of drug-likeness (QED) is 0.371. The smallest absolute Gasteiger partial charge is 0.410 e. The SMILES string of the molecule is C.COc1cc(C(OC(=O)N(C)CCCS(=O)OC)C(C)C)c([N+](=O)[O-])cc1OC. The summed E-state index contributed by atoms with van der Waals surface area (Å²) >= 11 is -1.40. The van der Waals surface area contributed by atoms with Crippen LogP contribution in [-0.2, 0) is 20.0 Å². The van der Waals surface area contributed by atoms with Crippen molar-refractivity contribution in [2.45, 2.75) is 33.8 Å². The van der Waals surface area contributed by atoms with E-state index in [1.807, 2.05) is 0 Å². The fourth-order valence-corrected chi connectivity index (χ4v) is 3.15. The fourth-order valence-electron chi connectivity index (χ4n) is 2.62. The number of methoxy groups -OCH3 is 2. The highest BCUT2D eigenvalue weighted by Gasteiger charge is 2.31. The van der Waals surface area contributed by atoms with Gasteiger partial charge in [-0.3, -0.25) is 14.3 Å². The molecule has 0 radical (unpaired) electrons. The Hall–Kier alpha value is -2.40. The minimum Gasteiger partial charge on any atom is -0.493 e. The van der Waals surface area contributed by atoms with E-state index in [1.54, 1.807) is 20.9 Å². The van der Waals surface area contributed by atoms with Gasteiger partial charge in [0.15, 0.2) is 22.6 Å². The number of nitro groups is 1. The molecule has 0 saturated heterocycles. The van der Waals surface area contributed by atoms with E-state index in [1.165, 1.54) is 38.4 Å². The number of hydrogen-bond donors (Lipinski definition) is 0. The predicted molar refractivity (Wildman–Crippen MR) is 114 cm³/mol. The van der Waals surface area contributed by atoms with Gasteiger partial charge in [0.05, 0.1) is 43.6 Å². The molecule has 0 N–H and O–H groups in total. The minimum atomic E-state index is -1.40. The van der Waals surface area contributed by atoms with Gasteiger partial charge in [0.25, 0.3) is 5.69 Å². The molecule has 0 heterocycles. The molecule has 10 nitrogen and oxygen atoms in total. The van der Waals surface area contributed by atoms with Crippen LogP contribution in [0.1, 0.15) is 39.4 Å². The number of nitro benzene ring substituents is 1. The average Bonchev–Trinajstić information content (AvgIpc) is 2.69. The standard InChI is InChI=1S/C18H28N2O8S.CH4/c1-12(2)17(28-18(21)19(3)8-7-9-29(24)27-6)13-10-15(25-4)16(26-5)11-14(13)20(22)23;/h10-12,17H,7-9H2,1-6H3;1H4. The Kier molecular flexibility index (Phi) is 12.0. The van der Waals surface area contributed by atoms with Crippen LogP contribution in [0.25, 0.3) is 0 Å². The summed E-state index contributed by atoms with van der Waals surface area (Å²) in [6, 6.07) is 2.71. The van der Waals surface area contributed by atoms with E-state index in [0.29, 0.717) is 18.7 Å². The molecule has 1 rings (SSSR count). The third-order valence-corrected chi connectivity index (χ3v) is 5.17. The lowest BCUT2D eigenvalue weighted by molar-refractivity contribution is -0.386. The lowest BCUT2D eigenvalue weighted by atomic mass is 9.96. The zero-order valence-corrected chi connectivity index (χ0v) is 18.3. The summed E-state index contributed by atoms with van der Waals surface area (Å²) in [5.74, 6) is 0.540. The van der Waals surface area contributed by atoms with E-state index in [0.717, 1.165) is 0 Å². The third kappa shape index (κ3) is 7.45. The molecule has 1 amide bonds. The van der Waals surface area contributed by atoms with Gasteiger partial charge in [0.2, 0.25) is 0 Å². The summed E-state index contributed by atoms with van der Waals surface area (Å²) < 4.78 is 31.9. The molecular formula is C19H32N2O8S. The van der Waals surface area contributed by atoms with E-state index in [2.05, 4.69) is 4.18 Å². The molecule has 0 fully saturated rings. The third-order valence-electron chi connectivity index (χ3n) is 4.17. The van der Waals surface area contributed by atoms with E-state index in [9.17, 15) is 19.1 Å². The summed E-state index contributed by atoms with van der Waals surface area (Å²) in [5, 5.41) is 11.6. The molecule has 0 bridgehead atoms. The Morgan fingerprint density at radius 2 is 1.77 bits per heavy atom. The van der Waals surface area contributed by atoms with Crippen molar-refractivity contribution in [3.63, 3.8) is 0 Å². The second-order valence-electron chi connectivity index (χ2n) is 6.52. The molecule has 2 unspecified atom stereocenters. The first-order valence-corrected chi connectivity index (χ1v) is 10.2. The number of benzene rings is 1. The summed E-state index contributed by atoms with van der Waals surface area (Å²) in [6.45, 7) is 3.88. The maximum atomic E-state index is 12.5. The summed E-state index contributed by atoms with van der Waals surface area (Å²) in [5.41, 5.74) is -0.0165. The van der Waals surface area contributed by atoms with Crippen LogP contribution in [0.5, 0.6) is 11.5 Å². The topological polar surface area (TPSA) is 117 Å². The van der Waals surface area contributed by atoms with Gasteiger partial charge in [-0.2, -0.15) is 0 Å². The van der Waals surface area contributed by atoms with Crippen LogP contribution < -0.4 is 9.47 Å². The van der Waals surface area contributed by atoms with Crippen molar-refractivity contribution in [1.82, 2.24) is 4.90 Å². The Morgan fingerprint density at radius 3 is 2.23 bits per heavy atom. The molecule has 0 aromatic heterocycles. The highest BCUT2D eigenvalue weighted by molar-refractivity contribution is 7.80. The van der Waals surface area contributed by atoms with Crippen molar-refractivity contribution in [3.8, 4) is 11.5 Å². The molecule has 172 valence electrons. The molecule has 0 spiro atoms. The zero-order chi connectivity index (χ0) is 22.1. The average molecular weight is 449 g/mol. The van der Waals surface area contributed by atoms with Gasteiger partial charge in [-0.15, -0.1) is 0 Å². The van der Waals surface area contributed by atoms with Crippen molar-refractivity contribution in [2.24, 2.45) is 5.92 Å². The predicted octanol–water partition coefficient (Wildman–Crippen LogP) is 3.71. The van der Waals surface area contributed by atoms with Crippen molar-refractivity contribution < 1.29 is 32.3 Å². The van der Waals surface area contributed by atoms with Gasteiger partial charge in [-0.05, 0) is 18.4 Å². The van der Waals surface area contributed by atoms with Crippen LogP contribution in [0.15, 0.2) is 12.1 Å². The fraction of sp³-hybridized carbons (Fsp3) is 0.632. The van der Waals surface area contributed by atoms with Crippen LogP contribution in [0.3, 0.4) is 0 Å². The molecule has 1 aromatic carbocycles. The molecule has 0 aliphatic carbocycles. The van der Waals surface area contributed by atoms with E-state index >= 15 is 0 Å². The largest absolute Gasteiger partial charge is 0.493 e. The Morgan fingerprint density at radius 1 is 1.20 bits per heavy atom. The second-order valence-corrected chi connectivity index (χ2v) is 7.87. The van der Waals surface area contributed by atoms with Gasteiger partial charge in [-0.1, -0.05) is 21.3 Å². The summed E-state index contributed by atoms with van der Waals surface area (Å²) in [7, 11) is 5.68. The van der Waals surface area contributed by atoms with Gasteiger partial charge in [0.1, 0.15) is 6.10 Å². The minimum absolute atomic E-state index is 0. The molecule has 1 aromatic rings. The molecule has 2 atom stereocenters. The van der Waals surface area contributed by atoms with Crippen molar-refractivity contribution in [2.75, 3.05) is 40.7 Å². The number of ether oxygens (including phenoxy) is 3. The second kappa shape index (κ2) is 13.0. The maximum absolute atomic E-state index is 12.5. The highest BCUT2D eigenvalue weighted by Crippen LogP contribution is 2.40. The molecule has 11 heteroatoms. The first kappa shape index (κ1) is 27.6. The van der Waals surface area contributed by atoms with Crippen LogP contribution in [0.2, 0.25) is 0 Å². The maximum Gasteiger partial charge on any atom is 0.410 e. The monoisotopic (exact) mass is 448 g/mol. The molecule has 0 aliphatic heterocycles. The van der Waals surface area contributed by atoms with Crippen molar-refractivity contribution in [1.29, 1.82) is 0 Å².